The summed E-state index contributed by atoms with van der Waals surface area (Å²) in [6.07, 6.45) is 1.68. The van der Waals surface area contributed by atoms with Crippen molar-refractivity contribution in [1.29, 1.82) is 0 Å². The van der Waals surface area contributed by atoms with Crippen molar-refractivity contribution >= 4 is 22.5 Å². The van der Waals surface area contributed by atoms with E-state index in [1.807, 2.05) is 32.2 Å². The van der Waals surface area contributed by atoms with E-state index < -0.39 is 6.17 Å². The molecule has 0 N–H and O–H groups in total. The van der Waals surface area contributed by atoms with Crippen molar-refractivity contribution < 1.29 is 13.6 Å². The predicted octanol–water partition coefficient (Wildman–Crippen LogP) is 2.84. The van der Waals surface area contributed by atoms with Gasteiger partial charge in [0.1, 0.15) is 12.0 Å². The fourth-order valence-corrected chi connectivity index (χ4v) is 4.48. The van der Waals surface area contributed by atoms with Crippen molar-refractivity contribution in [3.05, 3.63) is 36.3 Å². The summed E-state index contributed by atoms with van der Waals surface area (Å²) in [5.41, 5.74) is 1.70. The third-order valence-corrected chi connectivity index (χ3v) is 6.05. The zero-order valence-electron chi connectivity index (χ0n) is 16.3. The number of carbonyl (C=O) groups excluding carboxylic acids is 1. The van der Waals surface area contributed by atoms with Gasteiger partial charge in [0.25, 0.3) is 0 Å². The van der Waals surface area contributed by atoms with E-state index in [-0.39, 0.29) is 30.4 Å². The summed E-state index contributed by atoms with van der Waals surface area (Å²) >= 11 is 0. The number of rotatable bonds is 4. The number of hydrogen-bond donors (Lipinski definition) is 0. The monoisotopic (exact) mass is 388 g/mol. The van der Waals surface area contributed by atoms with Crippen LogP contribution >= 0.6 is 0 Å². The molecule has 0 saturated carbocycles. The molecule has 1 amide bonds. The molecule has 0 bridgehead atoms. The van der Waals surface area contributed by atoms with E-state index in [1.54, 1.807) is 4.90 Å². The Balaban J connectivity index is 1.43. The van der Waals surface area contributed by atoms with Gasteiger partial charge in [-0.1, -0.05) is 6.07 Å². The molecule has 7 heteroatoms. The van der Waals surface area contributed by atoms with Crippen molar-refractivity contribution in [3.63, 3.8) is 0 Å². The maximum atomic E-state index is 13.7. The highest BCUT2D eigenvalue weighted by Crippen LogP contribution is 2.29. The van der Waals surface area contributed by atoms with Gasteiger partial charge in [0.05, 0.1) is 24.8 Å². The van der Waals surface area contributed by atoms with Gasteiger partial charge in [-0.15, -0.1) is 0 Å². The minimum Gasteiger partial charge on any atom is -0.370 e. The van der Waals surface area contributed by atoms with Crippen LogP contribution in [0.4, 0.5) is 14.5 Å². The van der Waals surface area contributed by atoms with Gasteiger partial charge in [-0.3, -0.25) is 14.7 Å². The molecule has 0 radical (unpaired) electrons. The van der Waals surface area contributed by atoms with Gasteiger partial charge in [-0.25, -0.2) is 8.78 Å². The van der Waals surface area contributed by atoms with Crippen molar-refractivity contribution in [1.82, 2.24) is 14.8 Å². The Morgan fingerprint density at radius 3 is 2.93 bits per heavy atom. The third kappa shape index (κ3) is 3.68. The zero-order valence-corrected chi connectivity index (χ0v) is 16.3. The molecule has 150 valence electrons. The van der Waals surface area contributed by atoms with E-state index in [4.69, 9.17) is 0 Å². The van der Waals surface area contributed by atoms with Crippen LogP contribution in [0.1, 0.15) is 19.8 Å². The zero-order chi connectivity index (χ0) is 19.8. The average Bonchev–Trinajstić information content (AvgIpc) is 3.26. The Morgan fingerprint density at radius 2 is 2.18 bits per heavy atom. The molecule has 0 unspecified atom stereocenters. The number of fused-ring (bicyclic) bond motifs is 1. The quantitative estimate of drug-likeness (QED) is 0.808. The van der Waals surface area contributed by atoms with Crippen LogP contribution in [-0.4, -0.2) is 72.2 Å². The fourth-order valence-electron chi connectivity index (χ4n) is 4.48. The number of anilines is 1. The lowest BCUT2D eigenvalue weighted by atomic mass is 10.1. The standard InChI is InChI=1S/C21H26F2N4O/c1-14-8-16(23)11-27(14)21(28)13-26-7-6-17(12-26)25(2)20-5-3-4-19-18(20)9-15(22)10-24-19/h3-5,9-10,14,16-17H,6-8,11-13H2,1-2H3/t14-,16+,17+/m1/s1. The number of halogens is 2. The molecule has 3 atom stereocenters. The number of carbonyl (C=O) groups is 1. The Morgan fingerprint density at radius 1 is 1.36 bits per heavy atom. The van der Waals surface area contributed by atoms with Gasteiger partial charge >= 0.3 is 0 Å². The maximum absolute atomic E-state index is 13.7. The molecule has 0 aliphatic carbocycles. The number of amides is 1. The average molecular weight is 388 g/mol. The van der Waals surface area contributed by atoms with Gasteiger partial charge in [0.15, 0.2) is 0 Å². The van der Waals surface area contributed by atoms with Gasteiger partial charge < -0.3 is 9.80 Å². The molecule has 2 aliphatic rings. The molecule has 0 spiro atoms. The number of nitrogens with zero attached hydrogens (tertiary/aromatic N) is 4. The molecular formula is C21H26F2N4O. The summed E-state index contributed by atoms with van der Waals surface area (Å²) in [5.74, 6) is -0.342. The van der Waals surface area contributed by atoms with Crippen LogP contribution in [0.2, 0.25) is 0 Å². The van der Waals surface area contributed by atoms with E-state index in [1.165, 1.54) is 12.3 Å². The first-order valence-corrected chi connectivity index (χ1v) is 9.85. The van der Waals surface area contributed by atoms with Crippen LogP contribution in [-0.2, 0) is 4.79 Å². The first-order valence-electron chi connectivity index (χ1n) is 9.85. The summed E-state index contributed by atoms with van der Waals surface area (Å²) in [5, 5.41) is 0.791. The maximum Gasteiger partial charge on any atom is 0.237 e. The Hall–Kier alpha value is -2.28. The summed E-state index contributed by atoms with van der Waals surface area (Å²) in [7, 11) is 2.01. The molecule has 1 aromatic carbocycles. The van der Waals surface area contributed by atoms with E-state index >= 15 is 0 Å². The second-order valence-corrected chi connectivity index (χ2v) is 8.01. The van der Waals surface area contributed by atoms with Crippen LogP contribution in [0, 0.1) is 5.82 Å². The Labute approximate surface area is 163 Å². The Bertz CT molecular complexity index is 877. The summed E-state index contributed by atoms with van der Waals surface area (Å²) < 4.78 is 27.3. The van der Waals surface area contributed by atoms with E-state index in [0.717, 1.165) is 36.1 Å². The van der Waals surface area contributed by atoms with Gasteiger partial charge in [-0.05, 0) is 31.5 Å². The van der Waals surface area contributed by atoms with Crippen LogP contribution in [0.5, 0.6) is 0 Å². The minimum atomic E-state index is -0.906. The van der Waals surface area contributed by atoms with Gasteiger partial charge in [0.2, 0.25) is 5.91 Å². The van der Waals surface area contributed by atoms with Crippen LogP contribution in [0.15, 0.2) is 30.5 Å². The lowest BCUT2D eigenvalue weighted by Crippen LogP contribution is -2.42. The minimum absolute atomic E-state index is 0.00684. The highest BCUT2D eigenvalue weighted by Gasteiger charge is 2.34. The SMILES string of the molecule is C[C@@H]1C[C@H](F)CN1C(=O)CN1CC[C@H](N(C)c2cccc3ncc(F)cc23)C1. The van der Waals surface area contributed by atoms with Crippen molar-refractivity contribution in [3.8, 4) is 0 Å². The summed E-state index contributed by atoms with van der Waals surface area (Å²) in [6, 6.07) is 7.50. The first kappa shape index (κ1) is 19.1. The second kappa shape index (κ2) is 7.62. The van der Waals surface area contributed by atoms with E-state index in [9.17, 15) is 13.6 Å². The highest BCUT2D eigenvalue weighted by molar-refractivity contribution is 5.91. The van der Waals surface area contributed by atoms with Crippen molar-refractivity contribution in [2.45, 2.75) is 38.0 Å². The molecule has 28 heavy (non-hydrogen) atoms. The smallest absolute Gasteiger partial charge is 0.237 e. The van der Waals surface area contributed by atoms with Crippen LogP contribution < -0.4 is 4.90 Å². The molecule has 5 nitrogen and oxygen atoms in total. The van der Waals surface area contributed by atoms with Gasteiger partial charge in [0, 0.05) is 49.7 Å². The molecule has 2 aliphatic heterocycles. The number of hydrogen-bond acceptors (Lipinski definition) is 4. The number of likely N-dealkylation sites (N-methyl/N-ethyl adjacent to an activating group) is 1. The van der Waals surface area contributed by atoms with Crippen LogP contribution in [0.25, 0.3) is 10.9 Å². The number of alkyl halides is 1. The number of aromatic nitrogens is 1. The molecule has 3 heterocycles. The first-order chi connectivity index (χ1) is 13.4. The predicted molar refractivity (Wildman–Crippen MR) is 106 cm³/mol. The lowest BCUT2D eigenvalue weighted by Gasteiger charge is -2.28. The number of benzene rings is 1. The largest absolute Gasteiger partial charge is 0.370 e. The van der Waals surface area contributed by atoms with E-state index in [0.29, 0.717) is 13.0 Å². The normalized spacial score (nSPS) is 25.6. The molecule has 4 rings (SSSR count). The van der Waals surface area contributed by atoms with Crippen molar-refractivity contribution in [2.24, 2.45) is 0 Å². The number of likely N-dealkylation sites (tertiary alicyclic amines) is 2. The lowest BCUT2D eigenvalue weighted by molar-refractivity contribution is -0.132. The Kier molecular flexibility index (Phi) is 5.19. The highest BCUT2D eigenvalue weighted by atomic mass is 19.1. The van der Waals surface area contributed by atoms with E-state index in [2.05, 4.69) is 14.8 Å². The number of pyridine rings is 1. The topological polar surface area (TPSA) is 39.7 Å². The van der Waals surface area contributed by atoms with Gasteiger partial charge in [-0.2, -0.15) is 0 Å². The second-order valence-electron chi connectivity index (χ2n) is 8.01. The molecule has 1 aromatic heterocycles. The molecular weight excluding hydrogens is 362 g/mol. The molecule has 2 fully saturated rings. The molecule has 2 aromatic rings. The van der Waals surface area contributed by atoms with Crippen molar-refractivity contribution in [2.75, 3.05) is 38.1 Å². The fraction of sp³-hybridized carbons (Fsp3) is 0.524. The third-order valence-electron chi connectivity index (χ3n) is 6.05. The summed E-state index contributed by atoms with van der Waals surface area (Å²) in [6.45, 7) is 4.02. The summed E-state index contributed by atoms with van der Waals surface area (Å²) in [4.78, 5) is 22.7. The van der Waals surface area contributed by atoms with Crippen LogP contribution in [0.3, 0.4) is 0 Å². The molecule has 2 saturated heterocycles.